The van der Waals surface area contributed by atoms with Gasteiger partial charge in [-0.2, -0.15) is 0 Å². The molecule has 6 heteroatoms. The lowest BCUT2D eigenvalue weighted by Gasteiger charge is -2.14. The molecule has 3 N–H and O–H groups in total. The van der Waals surface area contributed by atoms with Crippen molar-refractivity contribution in [1.82, 2.24) is 0 Å². The summed E-state index contributed by atoms with van der Waals surface area (Å²) in [6.07, 6.45) is 0. The zero-order valence-electron chi connectivity index (χ0n) is 11.1. The molecule has 0 bridgehead atoms. The SMILES string of the molecule is Cc1ccc(N)c(C)c1S(=O)(=O)Nc1cccc(F)c1. The van der Waals surface area contributed by atoms with E-state index in [1.165, 1.54) is 18.2 Å². The van der Waals surface area contributed by atoms with Crippen LogP contribution in [0.5, 0.6) is 0 Å². The molecular weight excluding hydrogens is 279 g/mol. The van der Waals surface area contributed by atoms with Gasteiger partial charge in [0.1, 0.15) is 5.82 Å². The van der Waals surface area contributed by atoms with Gasteiger partial charge in [-0.1, -0.05) is 12.1 Å². The highest BCUT2D eigenvalue weighted by Crippen LogP contribution is 2.26. The molecular formula is C14H15FN2O2S. The molecule has 0 unspecified atom stereocenters. The average Bonchev–Trinajstić information content (AvgIpc) is 2.33. The summed E-state index contributed by atoms with van der Waals surface area (Å²) in [6, 6.07) is 8.58. The number of hydrogen-bond donors (Lipinski definition) is 2. The molecule has 0 saturated heterocycles. The molecule has 0 saturated carbocycles. The van der Waals surface area contributed by atoms with E-state index in [0.29, 0.717) is 16.8 Å². The molecule has 0 aliphatic carbocycles. The van der Waals surface area contributed by atoms with Gasteiger partial charge in [0.2, 0.25) is 0 Å². The van der Waals surface area contributed by atoms with E-state index >= 15 is 0 Å². The molecule has 0 fully saturated rings. The third-order valence-corrected chi connectivity index (χ3v) is 4.66. The van der Waals surface area contributed by atoms with Crippen molar-refractivity contribution < 1.29 is 12.8 Å². The minimum absolute atomic E-state index is 0.127. The zero-order chi connectivity index (χ0) is 14.9. The standard InChI is InChI=1S/C14H15FN2O2S/c1-9-6-7-13(16)10(2)14(9)20(18,19)17-12-5-3-4-11(15)8-12/h3-8,17H,16H2,1-2H3. The number of anilines is 2. The molecule has 0 amide bonds. The van der Waals surface area contributed by atoms with Gasteiger partial charge in [-0.05, 0) is 49.2 Å². The summed E-state index contributed by atoms with van der Waals surface area (Å²) in [4.78, 5) is 0.127. The maximum Gasteiger partial charge on any atom is 0.262 e. The van der Waals surface area contributed by atoms with Gasteiger partial charge in [0.05, 0.1) is 10.6 Å². The van der Waals surface area contributed by atoms with Crippen molar-refractivity contribution in [3.63, 3.8) is 0 Å². The molecule has 0 radical (unpaired) electrons. The molecule has 0 aromatic heterocycles. The topological polar surface area (TPSA) is 72.2 Å². The van der Waals surface area contributed by atoms with Crippen molar-refractivity contribution in [3.05, 3.63) is 53.3 Å². The normalized spacial score (nSPS) is 11.3. The Bertz CT molecular complexity index is 758. The Balaban J connectivity index is 2.49. The minimum atomic E-state index is -3.81. The largest absolute Gasteiger partial charge is 0.398 e. The van der Waals surface area contributed by atoms with Crippen molar-refractivity contribution >= 4 is 21.4 Å². The summed E-state index contributed by atoms with van der Waals surface area (Å²) in [5.74, 6) is -0.508. The second kappa shape index (κ2) is 5.13. The minimum Gasteiger partial charge on any atom is -0.398 e. The number of nitrogens with two attached hydrogens (primary N) is 1. The fourth-order valence-electron chi connectivity index (χ4n) is 2.01. The molecule has 0 heterocycles. The fourth-order valence-corrected chi connectivity index (χ4v) is 3.57. The van der Waals surface area contributed by atoms with Gasteiger partial charge in [0.15, 0.2) is 0 Å². The summed E-state index contributed by atoms with van der Waals surface area (Å²) < 4.78 is 40.3. The number of benzene rings is 2. The van der Waals surface area contributed by atoms with Gasteiger partial charge < -0.3 is 5.73 Å². The number of nitrogens with one attached hydrogen (secondary N) is 1. The molecule has 2 aromatic rings. The Hall–Kier alpha value is -2.08. The molecule has 0 atom stereocenters. The summed E-state index contributed by atoms with van der Waals surface area (Å²) in [5, 5.41) is 0. The van der Waals surface area contributed by atoms with E-state index in [0.717, 1.165) is 6.07 Å². The molecule has 20 heavy (non-hydrogen) atoms. The van der Waals surface area contributed by atoms with E-state index < -0.39 is 15.8 Å². The van der Waals surface area contributed by atoms with Crippen LogP contribution in [0.2, 0.25) is 0 Å². The lowest BCUT2D eigenvalue weighted by atomic mass is 10.1. The van der Waals surface area contributed by atoms with Gasteiger partial charge in [-0.25, -0.2) is 12.8 Å². The smallest absolute Gasteiger partial charge is 0.262 e. The first-order chi connectivity index (χ1) is 9.31. The quantitative estimate of drug-likeness (QED) is 0.855. The first kappa shape index (κ1) is 14.3. The van der Waals surface area contributed by atoms with Crippen LogP contribution in [0.1, 0.15) is 11.1 Å². The third kappa shape index (κ3) is 2.75. The Morgan fingerprint density at radius 3 is 2.50 bits per heavy atom. The van der Waals surface area contributed by atoms with Crippen LogP contribution >= 0.6 is 0 Å². The first-order valence-corrected chi connectivity index (χ1v) is 7.43. The fraction of sp³-hybridized carbons (Fsp3) is 0.143. The molecule has 0 aliphatic rings. The van der Waals surface area contributed by atoms with Crippen LogP contribution in [0, 0.1) is 19.7 Å². The van der Waals surface area contributed by atoms with Crippen LogP contribution in [-0.2, 0) is 10.0 Å². The van der Waals surface area contributed by atoms with Gasteiger partial charge in [0, 0.05) is 5.69 Å². The molecule has 0 spiro atoms. The van der Waals surface area contributed by atoms with Crippen LogP contribution in [0.4, 0.5) is 15.8 Å². The van der Waals surface area contributed by atoms with Gasteiger partial charge in [0.25, 0.3) is 10.0 Å². The average molecular weight is 294 g/mol. The second-order valence-corrected chi connectivity index (χ2v) is 6.16. The summed E-state index contributed by atoms with van der Waals surface area (Å²) >= 11 is 0. The predicted molar refractivity (Wildman–Crippen MR) is 77.5 cm³/mol. The van der Waals surface area contributed by atoms with Crippen molar-refractivity contribution in [3.8, 4) is 0 Å². The summed E-state index contributed by atoms with van der Waals surface area (Å²) in [7, 11) is -3.81. The predicted octanol–water partition coefficient (Wildman–Crippen LogP) is 2.83. The van der Waals surface area contributed by atoms with Crippen LogP contribution in [0.3, 0.4) is 0 Å². The molecule has 0 aliphatic heterocycles. The number of hydrogen-bond acceptors (Lipinski definition) is 3. The number of sulfonamides is 1. The Labute approximate surface area is 117 Å². The Kier molecular flexibility index (Phi) is 3.67. The van der Waals surface area contributed by atoms with E-state index in [4.69, 9.17) is 5.73 Å². The van der Waals surface area contributed by atoms with E-state index in [-0.39, 0.29) is 10.6 Å². The number of rotatable bonds is 3. The van der Waals surface area contributed by atoms with Crippen molar-refractivity contribution in [2.24, 2.45) is 0 Å². The van der Waals surface area contributed by atoms with Gasteiger partial charge in [-0.3, -0.25) is 4.72 Å². The van der Waals surface area contributed by atoms with Gasteiger partial charge >= 0.3 is 0 Å². The van der Waals surface area contributed by atoms with Crippen molar-refractivity contribution in [2.75, 3.05) is 10.5 Å². The maximum absolute atomic E-state index is 13.1. The van der Waals surface area contributed by atoms with Crippen LogP contribution in [0.15, 0.2) is 41.3 Å². The Morgan fingerprint density at radius 1 is 1.15 bits per heavy atom. The first-order valence-electron chi connectivity index (χ1n) is 5.95. The van der Waals surface area contributed by atoms with E-state index in [2.05, 4.69) is 4.72 Å². The van der Waals surface area contributed by atoms with Crippen LogP contribution in [0.25, 0.3) is 0 Å². The lowest BCUT2D eigenvalue weighted by Crippen LogP contribution is -2.16. The third-order valence-electron chi connectivity index (χ3n) is 2.99. The van der Waals surface area contributed by atoms with Crippen molar-refractivity contribution in [1.29, 1.82) is 0 Å². The second-order valence-electron chi connectivity index (χ2n) is 4.54. The summed E-state index contributed by atoms with van der Waals surface area (Å²) in [6.45, 7) is 3.33. The highest BCUT2D eigenvalue weighted by molar-refractivity contribution is 7.92. The lowest BCUT2D eigenvalue weighted by molar-refractivity contribution is 0.600. The maximum atomic E-state index is 13.1. The summed E-state index contributed by atoms with van der Waals surface area (Å²) in [5.41, 5.74) is 7.39. The van der Waals surface area contributed by atoms with Crippen LogP contribution in [-0.4, -0.2) is 8.42 Å². The number of halogens is 1. The highest BCUT2D eigenvalue weighted by Gasteiger charge is 2.21. The Morgan fingerprint density at radius 2 is 1.85 bits per heavy atom. The highest BCUT2D eigenvalue weighted by atomic mass is 32.2. The number of aryl methyl sites for hydroxylation is 1. The molecule has 4 nitrogen and oxygen atoms in total. The van der Waals surface area contributed by atoms with E-state index in [9.17, 15) is 12.8 Å². The van der Waals surface area contributed by atoms with Crippen molar-refractivity contribution in [2.45, 2.75) is 18.7 Å². The number of nitrogen functional groups attached to an aromatic ring is 1. The zero-order valence-corrected chi connectivity index (χ0v) is 12.0. The van der Waals surface area contributed by atoms with E-state index in [1.54, 1.807) is 26.0 Å². The van der Waals surface area contributed by atoms with E-state index in [1.807, 2.05) is 0 Å². The van der Waals surface area contributed by atoms with Gasteiger partial charge in [-0.15, -0.1) is 0 Å². The monoisotopic (exact) mass is 294 g/mol. The molecule has 106 valence electrons. The van der Waals surface area contributed by atoms with Crippen LogP contribution < -0.4 is 10.5 Å². The molecule has 2 rings (SSSR count). The molecule has 2 aromatic carbocycles.